The number of fused-ring (bicyclic) bond motifs is 4. The third-order valence-electron chi connectivity index (χ3n) is 4.69. The highest BCUT2D eigenvalue weighted by Gasteiger charge is 2.31. The first kappa shape index (κ1) is 14.4. The zero-order chi connectivity index (χ0) is 15.3. The van der Waals surface area contributed by atoms with Gasteiger partial charge in [-0.2, -0.15) is 0 Å². The molecule has 0 radical (unpaired) electrons. The predicted molar refractivity (Wildman–Crippen MR) is 89.9 cm³/mol. The third-order valence-corrected chi connectivity index (χ3v) is 5.57. The fourth-order valence-corrected chi connectivity index (χ4v) is 4.04. The molecule has 0 amide bonds. The summed E-state index contributed by atoms with van der Waals surface area (Å²) in [5.41, 5.74) is 1.17. The molecule has 3 aliphatic rings. The number of imidazole rings is 1. The van der Waals surface area contributed by atoms with Crippen LogP contribution in [0.15, 0.2) is 6.20 Å². The molecular formula is C15H24N6S. The van der Waals surface area contributed by atoms with Gasteiger partial charge in [0.25, 0.3) is 0 Å². The summed E-state index contributed by atoms with van der Waals surface area (Å²) in [7, 11) is 0. The van der Waals surface area contributed by atoms with Crippen LogP contribution >= 0.6 is 11.3 Å². The van der Waals surface area contributed by atoms with Crippen LogP contribution in [-0.2, 0) is 5.41 Å². The number of hydrogen-bond donors (Lipinski definition) is 1. The second kappa shape index (κ2) is 5.18. The Morgan fingerprint density at radius 2 is 2.05 bits per heavy atom. The maximum Gasteiger partial charge on any atom is 0.214 e. The number of nitrogens with one attached hydrogen (secondary N) is 1. The van der Waals surface area contributed by atoms with Crippen molar-refractivity contribution >= 4 is 21.4 Å². The molecule has 2 aromatic heterocycles. The zero-order valence-electron chi connectivity index (χ0n) is 13.5. The third kappa shape index (κ3) is 2.61. The van der Waals surface area contributed by atoms with Crippen LogP contribution < -0.4 is 5.32 Å². The van der Waals surface area contributed by atoms with Crippen molar-refractivity contribution in [1.29, 1.82) is 0 Å². The van der Waals surface area contributed by atoms with E-state index in [-0.39, 0.29) is 5.41 Å². The van der Waals surface area contributed by atoms with Gasteiger partial charge in [-0.3, -0.25) is 9.80 Å². The quantitative estimate of drug-likeness (QED) is 0.929. The molecule has 3 fully saturated rings. The van der Waals surface area contributed by atoms with E-state index in [9.17, 15) is 0 Å². The number of rotatable bonds is 3. The van der Waals surface area contributed by atoms with Gasteiger partial charge in [0.1, 0.15) is 0 Å². The summed E-state index contributed by atoms with van der Waals surface area (Å²) in [5.74, 6) is 0. The highest BCUT2D eigenvalue weighted by molar-refractivity contribution is 7.20. The Kier molecular flexibility index (Phi) is 3.39. The van der Waals surface area contributed by atoms with Gasteiger partial charge >= 0.3 is 0 Å². The SMILES string of the molecule is CC(C)(C)c1cn2nc(NCC3CN4CCN3CC4)sc2n1. The number of aromatic nitrogens is 3. The van der Waals surface area contributed by atoms with Crippen LogP contribution in [0, 0.1) is 0 Å². The molecule has 120 valence electrons. The fourth-order valence-electron chi connectivity index (χ4n) is 3.26. The first-order valence-corrected chi connectivity index (χ1v) is 8.88. The van der Waals surface area contributed by atoms with Crippen molar-refractivity contribution in [3.05, 3.63) is 11.9 Å². The van der Waals surface area contributed by atoms with Gasteiger partial charge in [0.2, 0.25) is 10.1 Å². The molecule has 5 rings (SSSR count). The van der Waals surface area contributed by atoms with Crippen molar-refractivity contribution in [3.63, 3.8) is 0 Å². The van der Waals surface area contributed by atoms with Crippen molar-refractivity contribution in [2.45, 2.75) is 32.2 Å². The average Bonchev–Trinajstić information content (AvgIpc) is 3.04. The van der Waals surface area contributed by atoms with E-state index in [1.54, 1.807) is 11.3 Å². The fraction of sp³-hybridized carbons (Fsp3) is 0.733. The van der Waals surface area contributed by atoms with Crippen molar-refractivity contribution in [1.82, 2.24) is 24.4 Å². The van der Waals surface area contributed by atoms with Crippen LogP contribution in [0.4, 0.5) is 5.13 Å². The predicted octanol–water partition coefficient (Wildman–Crippen LogP) is 1.50. The minimum absolute atomic E-state index is 0.0735. The van der Waals surface area contributed by atoms with Gasteiger partial charge in [-0.25, -0.2) is 9.50 Å². The molecule has 2 bridgehead atoms. The van der Waals surface area contributed by atoms with Gasteiger partial charge in [-0.1, -0.05) is 32.1 Å². The highest BCUT2D eigenvalue weighted by Crippen LogP contribution is 2.26. The lowest BCUT2D eigenvalue weighted by molar-refractivity contribution is 0.0189. The summed E-state index contributed by atoms with van der Waals surface area (Å²) in [6.07, 6.45) is 2.05. The van der Waals surface area contributed by atoms with Crippen molar-refractivity contribution in [2.24, 2.45) is 0 Å². The lowest BCUT2D eigenvalue weighted by atomic mass is 9.93. The van der Waals surface area contributed by atoms with Gasteiger partial charge in [0, 0.05) is 50.7 Å². The van der Waals surface area contributed by atoms with E-state index in [0.717, 1.165) is 22.3 Å². The standard InChI is InChI=1S/C15H24N6S/c1-15(2,3)12-10-21-14(17-12)22-13(18-21)16-8-11-9-19-4-6-20(11)7-5-19/h10-11H,4-9H2,1-3H3,(H,16,18). The molecule has 0 aliphatic carbocycles. The van der Waals surface area contributed by atoms with E-state index in [1.807, 2.05) is 4.52 Å². The minimum atomic E-state index is 0.0735. The van der Waals surface area contributed by atoms with E-state index < -0.39 is 0 Å². The lowest BCUT2D eigenvalue weighted by Gasteiger charge is -2.47. The summed E-state index contributed by atoms with van der Waals surface area (Å²) < 4.78 is 1.91. The molecule has 1 unspecified atom stereocenters. The summed E-state index contributed by atoms with van der Waals surface area (Å²) >= 11 is 1.64. The number of anilines is 1. The maximum absolute atomic E-state index is 4.70. The summed E-state index contributed by atoms with van der Waals surface area (Å²) in [5, 5.41) is 9.11. The molecule has 22 heavy (non-hydrogen) atoms. The molecule has 2 aromatic rings. The molecule has 3 aliphatic heterocycles. The van der Waals surface area contributed by atoms with Crippen LogP contribution in [0.5, 0.6) is 0 Å². The Morgan fingerprint density at radius 3 is 2.64 bits per heavy atom. The normalized spacial score (nSPS) is 28.4. The monoisotopic (exact) mass is 320 g/mol. The molecule has 7 heteroatoms. The van der Waals surface area contributed by atoms with Crippen molar-refractivity contribution < 1.29 is 0 Å². The van der Waals surface area contributed by atoms with Crippen LogP contribution in [0.3, 0.4) is 0 Å². The van der Waals surface area contributed by atoms with E-state index in [2.05, 4.69) is 47.2 Å². The molecule has 1 N–H and O–H groups in total. The van der Waals surface area contributed by atoms with Gasteiger partial charge < -0.3 is 5.32 Å². The lowest BCUT2D eigenvalue weighted by Crippen LogP contribution is -2.62. The van der Waals surface area contributed by atoms with E-state index in [0.29, 0.717) is 6.04 Å². The Morgan fingerprint density at radius 1 is 1.27 bits per heavy atom. The maximum atomic E-state index is 4.70. The highest BCUT2D eigenvalue weighted by atomic mass is 32.1. The van der Waals surface area contributed by atoms with Crippen LogP contribution in [0.1, 0.15) is 26.5 Å². The Balaban J connectivity index is 1.43. The molecule has 0 saturated carbocycles. The average molecular weight is 320 g/mol. The van der Waals surface area contributed by atoms with E-state index in [1.165, 1.54) is 32.7 Å². The van der Waals surface area contributed by atoms with Crippen LogP contribution in [0.2, 0.25) is 0 Å². The smallest absolute Gasteiger partial charge is 0.214 e. The molecule has 0 aromatic carbocycles. The topological polar surface area (TPSA) is 48.7 Å². The van der Waals surface area contributed by atoms with Crippen molar-refractivity contribution in [2.75, 3.05) is 44.6 Å². The summed E-state index contributed by atoms with van der Waals surface area (Å²) in [6.45, 7) is 13.6. The van der Waals surface area contributed by atoms with Crippen LogP contribution in [0.25, 0.3) is 4.96 Å². The second-order valence-corrected chi connectivity index (χ2v) is 8.34. The van der Waals surface area contributed by atoms with Gasteiger partial charge in [0.15, 0.2) is 0 Å². The molecule has 5 heterocycles. The molecule has 6 nitrogen and oxygen atoms in total. The Bertz CT molecular complexity index is 630. The van der Waals surface area contributed by atoms with Crippen molar-refractivity contribution in [3.8, 4) is 0 Å². The first-order valence-electron chi connectivity index (χ1n) is 8.06. The van der Waals surface area contributed by atoms with Gasteiger partial charge in [0.05, 0.1) is 11.9 Å². The summed E-state index contributed by atoms with van der Waals surface area (Å²) in [4.78, 5) is 10.8. The number of piperazine rings is 3. The largest absolute Gasteiger partial charge is 0.358 e. The Labute approximate surface area is 135 Å². The van der Waals surface area contributed by atoms with Crippen LogP contribution in [-0.4, -0.2) is 69.7 Å². The molecule has 1 atom stereocenters. The van der Waals surface area contributed by atoms with E-state index in [4.69, 9.17) is 4.98 Å². The molecular weight excluding hydrogens is 296 g/mol. The Hall–Kier alpha value is -1.18. The minimum Gasteiger partial charge on any atom is -0.358 e. The van der Waals surface area contributed by atoms with Gasteiger partial charge in [-0.05, 0) is 0 Å². The summed E-state index contributed by atoms with van der Waals surface area (Å²) in [6, 6.07) is 0.615. The molecule has 3 saturated heterocycles. The zero-order valence-corrected chi connectivity index (χ0v) is 14.4. The first-order chi connectivity index (χ1) is 10.5. The second-order valence-electron chi connectivity index (χ2n) is 7.38. The molecule has 0 spiro atoms. The van der Waals surface area contributed by atoms with Gasteiger partial charge in [-0.15, -0.1) is 5.10 Å². The van der Waals surface area contributed by atoms with E-state index >= 15 is 0 Å². The number of nitrogens with zero attached hydrogens (tertiary/aromatic N) is 5. The number of hydrogen-bond acceptors (Lipinski definition) is 6.